The molecule has 3 rings (SSSR count). The predicted molar refractivity (Wildman–Crippen MR) is 113 cm³/mol. The number of carbonyl (C=O) groups excluding carboxylic acids is 2. The van der Waals surface area contributed by atoms with Gasteiger partial charge in [0.2, 0.25) is 0 Å². The smallest absolute Gasteiger partial charge is 0.265 e. The molecule has 0 atom stereocenters. The molecule has 1 aliphatic rings. The summed E-state index contributed by atoms with van der Waals surface area (Å²) in [6, 6.07) is 12.8. The van der Waals surface area contributed by atoms with Gasteiger partial charge in [-0.25, -0.2) is 0 Å². The number of para-hydroxylation sites is 1. The van der Waals surface area contributed by atoms with Gasteiger partial charge in [0.05, 0.1) is 17.9 Å². The summed E-state index contributed by atoms with van der Waals surface area (Å²) in [7, 11) is 3.82. The lowest BCUT2D eigenvalue weighted by atomic mass is 10.0. The summed E-state index contributed by atoms with van der Waals surface area (Å²) in [4.78, 5) is 28.7. The Balaban J connectivity index is 1.72. The Hall–Kier alpha value is -2.57. The van der Waals surface area contributed by atoms with Crippen LogP contribution < -0.4 is 14.4 Å². The first-order chi connectivity index (χ1) is 14.0. The lowest BCUT2D eigenvalue weighted by molar-refractivity contribution is -0.121. The van der Waals surface area contributed by atoms with Crippen molar-refractivity contribution in [3.05, 3.63) is 53.1 Å². The minimum atomic E-state index is -0.161. The zero-order valence-corrected chi connectivity index (χ0v) is 17.4. The van der Waals surface area contributed by atoms with Crippen molar-refractivity contribution in [1.82, 2.24) is 4.90 Å². The monoisotopic (exact) mass is 416 g/mol. The number of halogens is 1. The number of ketones is 1. The third kappa shape index (κ3) is 5.49. The minimum Gasteiger partial charge on any atom is -0.494 e. The number of hydrogen-bond donors (Lipinski definition) is 0. The number of ether oxygens (including phenoxy) is 2. The van der Waals surface area contributed by atoms with Crippen LogP contribution in [0.1, 0.15) is 23.2 Å². The molecule has 7 heteroatoms. The van der Waals surface area contributed by atoms with E-state index >= 15 is 0 Å². The van der Waals surface area contributed by atoms with Crippen molar-refractivity contribution in [3.63, 3.8) is 0 Å². The first-order valence-electron chi connectivity index (χ1n) is 9.58. The number of Topliss-reactive ketones (excluding diaryl/α,β-unsaturated/α-hetero) is 1. The number of nitrogens with zero attached hydrogens (tertiary/aromatic N) is 2. The minimum absolute atomic E-state index is 0.0563. The molecule has 0 spiro atoms. The summed E-state index contributed by atoms with van der Waals surface area (Å²) < 4.78 is 11.3. The molecule has 0 N–H and O–H groups in total. The van der Waals surface area contributed by atoms with Crippen molar-refractivity contribution in [2.24, 2.45) is 0 Å². The summed E-state index contributed by atoms with van der Waals surface area (Å²) in [6.45, 7) is 1.45. The van der Waals surface area contributed by atoms with Gasteiger partial charge in [-0.05, 0) is 44.8 Å². The van der Waals surface area contributed by atoms with Crippen LogP contribution in [0.25, 0.3) is 0 Å². The van der Waals surface area contributed by atoms with Crippen molar-refractivity contribution in [3.8, 4) is 11.5 Å². The highest BCUT2D eigenvalue weighted by molar-refractivity contribution is 6.31. The van der Waals surface area contributed by atoms with Crippen LogP contribution in [0.4, 0.5) is 5.69 Å². The molecule has 0 bridgehead atoms. The van der Waals surface area contributed by atoms with Crippen molar-refractivity contribution < 1.29 is 19.1 Å². The fraction of sp³-hybridized carbons (Fsp3) is 0.364. The molecule has 0 unspecified atom stereocenters. The van der Waals surface area contributed by atoms with Crippen LogP contribution in [0.2, 0.25) is 5.02 Å². The molecule has 29 heavy (non-hydrogen) atoms. The Kier molecular flexibility index (Phi) is 7.12. The van der Waals surface area contributed by atoms with Gasteiger partial charge >= 0.3 is 0 Å². The van der Waals surface area contributed by atoms with Gasteiger partial charge in [0, 0.05) is 24.5 Å². The number of fused-ring (bicyclic) bond motifs is 1. The van der Waals surface area contributed by atoms with Crippen LogP contribution in [0.3, 0.4) is 0 Å². The summed E-state index contributed by atoms with van der Waals surface area (Å²) in [5.74, 6) is 1.00. The zero-order chi connectivity index (χ0) is 20.8. The fourth-order valence-electron chi connectivity index (χ4n) is 3.12. The lowest BCUT2D eigenvalue weighted by Crippen LogP contribution is -2.40. The molecule has 0 radical (unpaired) electrons. The van der Waals surface area contributed by atoms with E-state index in [0.717, 1.165) is 5.75 Å². The van der Waals surface area contributed by atoms with Crippen LogP contribution in [-0.2, 0) is 4.79 Å². The van der Waals surface area contributed by atoms with E-state index in [1.165, 1.54) is 0 Å². The number of anilines is 1. The third-order valence-electron chi connectivity index (χ3n) is 4.59. The average molecular weight is 417 g/mol. The van der Waals surface area contributed by atoms with E-state index in [2.05, 4.69) is 0 Å². The highest BCUT2D eigenvalue weighted by Gasteiger charge is 2.29. The maximum atomic E-state index is 12.7. The SMILES string of the molecule is CN(C)CCC(=O)c1cc(Cl)cc2c1OCC(=O)N2CCCOc1ccccc1. The first-order valence-corrected chi connectivity index (χ1v) is 9.96. The van der Waals surface area contributed by atoms with Gasteiger partial charge in [-0.15, -0.1) is 0 Å². The number of benzene rings is 2. The van der Waals surface area contributed by atoms with E-state index in [4.69, 9.17) is 21.1 Å². The summed E-state index contributed by atoms with van der Waals surface area (Å²) >= 11 is 6.26. The second kappa shape index (κ2) is 9.76. The molecule has 1 amide bonds. The normalized spacial score (nSPS) is 13.2. The molecule has 0 aromatic heterocycles. The molecule has 154 valence electrons. The molecular weight excluding hydrogens is 392 g/mol. The maximum absolute atomic E-state index is 12.7. The molecule has 0 fully saturated rings. The number of amides is 1. The van der Waals surface area contributed by atoms with Gasteiger partial charge in [-0.3, -0.25) is 9.59 Å². The Morgan fingerprint density at radius 3 is 2.72 bits per heavy atom. The van der Waals surface area contributed by atoms with Gasteiger partial charge in [-0.1, -0.05) is 29.8 Å². The summed E-state index contributed by atoms with van der Waals surface area (Å²) in [5.41, 5.74) is 0.967. The summed E-state index contributed by atoms with van der Waals surface area (Å²) in [6.07, 6.45) is 0.985. The van der Waals surface area contributed by atoms with E-state index in [0.29, 0.717) is 54.6 Å². The standard InChI is InChI=1S/C22H25ClN2O4/c1-24(2)11-9-20(26)18-13-16(23)14-19-22(18)29-15-21(27)25(19)10-6-12-28-17-7-4-3-5-8-17/h3-5,7-8,13-14H,6,9-12,15H2,1-2H3. The Morgan fingerprint density at radius 2 is 2.00 bits per heavy atom. The van der Waals surface area contributed by atoms with E-state index in [9.17, 15) is 9.59 Å². The third-order valence-corrected chi connectivity index (χ3v) is 4.81. The van der Waals surface area contributed by atoms with Crippen LogP contribution in [-0.4, -0.2) is 57.0 Å². The molecule has 1 aliphatic heterocycles. The largest absolute Gasteiger partial charge is 0.494 e. The Bertz CT molecular complexity index is 871. The number of rotatable bonds is 9. The van der Waals surface area contributed by atoms with Crippen molar-refractivity contribution in [2.75, 3.05) is 45.3 Å². The average Bonchev–Trinajstić information content (AvgIpc) is 2.70. The van der Waals surface area contributed by atoms with Crippen molar-refractivity contribution in [2.45, 2.75) is 12.8 Å². The van der Waals surface area contributed by atoms with Gasteiger partial charge < -0.3 is 19.3 Å². The van der Waals surface area contributed by atoms with Crippen LogP contribution in [0.5, 0.6) is 11.5 Å². The van der Waals surface area contributed by atoms with Crippen molar-refractivity contribution >= 4 is 29.0 Å². The Morgan fingerprint density at radius 1 is 1.24 bits per heavy atom. The first kappa shape index (κ1) is 21.1. The second-order valence-electron chi connectivity index (χ2n) is 7.13. The highest BCUT2D eigenvalue weighted by atomic mass is 35.5. The molecule has 2 aromatic rings. The van der Waals surface area contributed by atoms with Gasteiger partial charge in [-0.2, -0.15) is 0 Å². The Labute approximate surface area is 176 Å². The van der Waals surface area contributed by atoms with E-state index < -0.39 is 0 Å². The molecule has 0 saturated carbocycles. The molecular formula is C22H25ClN2O4. The number of hydrogen-bond acceptors (Lipinski definition) is 5. The predicted octanol–water partition coefficient (Wildman–Crippen LogP) is 3.67. The maximum Gasteiger partial charge on any atom is 0.265 e. The molecule has 0 aliphatic carbocycles. The fourth-order valence-corrected chi connectivity index (χ4v) is 3.33. The zero-order valence-electron chi connectivity index (χ0n) is 16.7. The molecule has 1 heterocycles. The van der Waals surface area contributed by atoms with Gasteiger partial charge in [0.1, 0.15) is 5.75 Å². The topological polar surface area (TPSA) is 59.1 Å². The van der Waals surface area contributed by atoms with Gasteiger partial charge in [0.15, 0.2) is 18.1 Å². The van der Waals surface area contributed by atoms with E-state index in [1.54, 1.807) is 17.0 Å². The molecule has 2 aromatic carbocycles. The number of carbonyl (C=O) groups is 2. The summed E-state index contributed by atoms with van der Waals surface area (Å²) in [5, 5.41) is 0.404. The van der Waals surface area contributed by atoms with E-state index in [-0.39, 0.29) is 18.3 Å². The highest BCUT2D eigenvalue weighted by Crippen LogP contribution is 2.39. The molecule has 6 nitrogen and oxygen atoms in total. The lowest BCUT2D eigenvalue weighted by Gasteiger charge is -2.31. The van der Waals surface area contributed by atoms with Crippen LogP contribution in [0, 0.1) is 0 Å². The quantitative estimate of drug-likeness (QED) is 0.461. The van der Waals surface area contributed by atoms with Crippen LogP contribution >= 0.6 is 11.6 Å². The van der Waals surface area contributed by atoms with Crippen LogP contribution in [0.15, 0.2) is 42.5 Å². The molecule has 0 saturated heterocycles. The van der Waals surface area contributed by atoms with Gasteiger partial charge in [0.25, 0.3) is 5.91 Å². The van der Waals surface area contributed by atoms with E-state index in [1.807, 2.05) is 49.3 Å². The van der Waals surface area contributed by atoms with Crippen molar-refractivity contribution in [1.29, 1.82) is 0 Å². The second-order valence-corrected chi connectivity index (χ2v) is 7.56.